The predicted octanol–water partition coefficient (Wildman–Crippen LogP) is 4.32. The van der Waals surface area contributed by atoms with Crippen molar-refractivity contribution in [3.8, 4) is 0 Å². The summed E-state index contributed by atoms with van der Waals surface area (Å²) in [6.45, 7) is 1.94. The van der Waals surface area contributed by atoms with Crippen LogP contribution in [0.3, 0.4) is 0 Å². The van der Waals surface area contributed by atoms with Crippen LogP contribution in [0.15, 0.2) is 54.9 Å². The molecule has 7 nitrogen and oxygen atoms in total. The van der Waals surface area contributed by atoms with Crippen molar-refractivity contribution in [1.82, 2.24) is 9.97 Å². The quantitative estimate of drug-likeness (QED) is 0.531. The Morgan fingerprint density at radius 1 is 1.00 bits per heavy atom. The number of benzene rings is 2. The molecule has 1 aromatic heterocycles. The van der Waals surface area contributed by atoms with Crippen molar-refractivity contribution in [2.45, 2.75) is 6.92 Å². The van der Waals surface area contributed by atoms with Gasteiger partial charge < -0.3 is 10.6 Å². The molecule has 0 saturated heterocycles. The Kier molecular flexibility index (Phi) is 4.51. The molecular formula is C17H14FN5O2. The van der Waals surface area contributed by atoms with Crippen LogP contribution in [0.4, 0.5) is 33.1 Å². The number of aromatic nitrogens is 2. The van der Waals surface area contributed by atoms with E-state index < -0.39 is 10.7 Å². The predicted molar refractivity (Wildman–Crippen MR) is 92.8 cm³/mol. The van der Waals surface area contributed by atoms with Gasteiger partial charge in [0.15, 0.2) is 0 Å². The largest absolute Gasteiger partial charge is 0.353 e. The first-order valence-electron chi connectivity index (χ1n) is 7.39. The first-order valence-corrected chi connectivity index (χ1v) is 7.39. The van der Waals surface area contributed by atoms with Gasteiger partial charge in [0.05, 0.1) is 10.6 Å². The summed E-state index contributed by atoms with van der Waals surface area (Å²) in [5, 5.41) is 17.1. The summed E-state index contributed by atoms with van der Waals surface area (Å²) in [6.07, 6.45) is 1.17. The number of aryl methyl sites for hydroxylation is 1. The van der Waals surface area contributed by atoms with E-state index in [1.165, 1.54) is 24.5 Å². The average Bonchev–Trinajstić information content (AvgIpc) is 2.59. The Bertz CT molecular complexity index is 915. The van der Waals surface area contributed by atoms with Crippen molar-refractivity contribution in [2.24, 2.45) is 0 Å². The fourth-order valence-corrected chi connectivity index (χ4v) is 2.20. The molecule has 0 amide bonds. The third-order valence-electron chi connectivity index (χ3n) is 3.45. The van der Waals surface area contributed by atoms with Crippen molar-refractivity contribution in [2.75, 3.05) is 10.6 Å². The molecule has 25 heavy (non-hydrogen) atoms. The molecule has 1 heterocycles. The summed E-state index contributed by atoms with van der Waals surface area (Å²) in [6, 6.07) is 13.2. The van der Waals surface area contributed by atoms with Crippen LogP contribution in [0.2, 0.25) is 0 Å². The summed E-state index contributed by atoms with van der Waals surface area (Å²) < 4.78 is 13.8. The Morgan fingerprint density at radius 3 is 2.28 bits per heavy atom. The van der Waals surface area contributed by atoms with Gasteiger partial charge in [-0.15, -0.1) is 0 Å². The second kappa shape index (κ2) is 6.91. The van der Waals surface area contributed by atoms with Gasteiger partial charge in [0.2, 0.25) is 11.6 Å². The number of rotatable bonds is 5. The van der Waals surface area contributed by atoms with Crippen LogP contribution in [0.5, 0.6) is 0 Å². The van der Waals surface area contributed by atoms with Gasteiger partial charge in [-0.1, -0.05) is 29.8 Å². The second-order valence-corrected chi connectivity index (χ2v) is 5.27. The Labute approximate surface area is 142 Å². The van der Waals surface area contributed by atoms with Gasteiger partial charge in [0.1, 0.15) is 12.1 Å². The molecule has 0 spiro atoms. The molecule has 0 saturated carbocycles. The lowest BCUT2D eigenvalue weighted by atomic mass is 10.2. The van der Waals surface area contributed by atoms with Crippen molar-refractivity contribution in [3.05, 3.63) is 76.4 Å². The summed E-state index contributed by atoms with van der Waals surface area (Å²) in [7, 11) is 0. The highest BCUT2D eigenvalue weighted by atomic mass is 19.1. The topological polar surface area (TPSA) is 93.0 Å². The number of halogens is 1. The molecule has 0 bridgehead atoms. The molecule has 2 N–H and O–H groups in total. The van der Waals surface area contributed by atoms with E-state index in [0.29, 0.717) is 5.69 Å². The SMILES string of the molecule is Cc1ccc(Nc2ncnc(Nc3ccccc3F)c2[N+](=O)[O-])cc1. The first-order chi connectivity index (χ1) is 12.0. The zero-order valence-corrected chi connectivity index (χ0v) is 13.2. The van der Waals surface area contributed by atoms with E-state index in [0.717, 1.165) is 5.56 Å². The lowest BCUT2D eigenvalue weighted by molar-refractivity contribution is -0.383. The molecule has 3 rings (SSSR count). The fourth-order valence-electron chi connectivity index (χ4n) is 2.20. The minimum atomic E-state index is -0.611. The minimum absolute atomic E-state index is 0.0164. The molecule has 3 aromatic rings. The normalized spacial score (nSPS) is 10.3. The molecule has 2 aromatic carbocycles. The van der Waals surface area contributed by atoms with Gasteiger partial charge in [-0.3, -0.25) is 10.1 Å². The molecule has 0 fully saturated rings. The standard InChI is InChI=1S/C17H14FN5O2/c1-11-6-8-12(9-7-11)21-16-15(23(24)25)17(20-10-19-16)22-14-5-3-2-4-13(14)18/h2-10H,1H3,(H2,19,20,21,22). The van der Waals surface area contributed by atoms with Crippen LogP contribution in [-0.4, -0.2) is 14.9 Å². The van der Waals surface area contributed by atoms with Crippen LogP contribution in [0, 0.1) is 22.9 Å². The van der Waals surface area contributed by atoms with E-state index in [1.54, 1.807) is 18.2 Å². The molecule has 0 aliphatic heterocycles. The average molecular weight is 339 g/mol. The van der Waals surface area contributed by atoms with Gasteiger partial charge in [-0.25, -0.2) is 14.4 Å². The summed E-state index contributed by atoms with van der Waals surface area (Å²) in [4.78, 5) is 18.7. The molecule has 0 aliphatic rings. The molecule has 0 radical (unpaired) electrons. The highest BCUT2D eigenvalue weighted by Gasteiger charge is 2.23. The van der Waals surface area contributed by atoms with Crippen molar-refractivity contribution in [1.29, 1.82) is 0 Å². The third kappa shape index (κ3) is 3.69. The maximum Gasteiger partial charge on any atom is 0.353 e. The van der Waals surface area contributed by atoms with Crippen molar-refractivity contribution in [3.63, 3.8) is 0 Å². The number of nitrogens with one attached hydrogen (secondary N) is 2. The number of nitrogens with zero attached hydrogens (tertiary/aromatic N) is 3. The van der Waals surface area contributed by atoms with E-state index in [4.69, 9.17) is 0 Å². The van der Waals surface area contributed by atoms with Gasteiger partial charge in [-0.05, 0) is 31.2 Å². The summed E-state index contributed by atoms with van der Waals surface area (Å²) in [5.41, 5.74) is 1.42. The van der Waals surface area contributed by atoms with E-state index in [-0.39, 0.29) is 23.0 Å². The number of hydrogen-bond acceptors (Lipinski definition) is 6. The smallest absolute Gasteiger partial charge is 0.334 e. The number of nitro groups is 1. The van der Waals surface area contributed by atoms with Crippen LogP contribution < -0.4 is 10.6 Å². The van der Waals surface area contributed by atoms with Crippen molar-refractivity contribution < 1.29 is 9.31 Å². The monoisotopic (exact) mass is 339 g/mol. The van der Waals surface area contributed by atoms with Gasteiger partial charge in [0.25, 0.3) is 0 Å². The van der Waals surface area contributed by atoms with Gasteiger partial charge in [-0.2, -0.15) is 0 Å². The molecule has 0 unspecified atom stereocenters. The van der Waals surface area contributed by atoms with Crippen LogP contribution in [-0.2, 0) is 0 Å². The molecule has 0 atom stereocenters. The van der Waals surface area contributed by atoms with E-state index in [2.05, 4.69) is 20.6 Å². The third-order valence-corrected chi connectivity index (χ3v) is 3.45. The minimum Gasteiger partial charge on any atom is -0.334 e. The number of anilines is 4. The zero-order valence-electron chi connectivity index (χ0n) is 13.2. The first kappa shape index (κ1) is 16.3. The van der Waals surface area contributed by atoms with Gasteiger partial charge >= 0.3 is 5.69 Å². The maximum absolute atomic E-state index is 13.8. The highest BCUT2D eigenvalue weighted by Crippen LogP contribution is 2.33. The van der Waals surface area contributed by atoms with E-state index in [1.807, 2.05) is 19.1 Å². The Hall–Kier alpha value is -3.55. The van der Waals surface area contributed by atoms with E-state index >= 15 is 0 Å². The van der Waals surface area contributed by atoms with Crippen LogP contribution in [0.1, 0.15) is 5.56 Å². The van der Waals surface area contributed by atoms with E-state index in [9.17, 15) is 14.5 Å². The number of hydrogen-bond donors (Lipinski definition) is 2. The Morgan fingerprint density at radius 2 is 1.64 bits per heavy atom. The van der Waals surface area contributed by atoms with Crippen molar-refractivity contribution >= 4 is 28.7 Å². The van der Waals surface area contributed by atoms with Crippen LogP contribution in [0.25, 0.3) is 0 Å². The number of para-hydroxylation sites is 1. The maximum atomic E-state index is 13.8. The molecule has 126 valence electrons. The van der Waals surface area contributed by atoms with Gasteiger partial charge in [0, 0.05) is 5.69 Å². The van der Waals surface area contributed by atoms with Crippen LogP contribution >= 0.6 is 0 Å². The lowest BCUT2D eigenvalue weighted by Crippen LogP contribution is -2.06. The highest BCUT2D eigenvalue weighted by molar-refractivity contribution is 5.76. The molecule has 8 heteroatoms. The zero-order chi connectivity index (χ0) is 17.8. The lowest BCUT2D eigenvalue weighted by Gasteiger charge is -2.10. The second-order valence-electron chi connectivity index (χ2n) is 5.27. The molecular weight excluding hydrogens is 325 g/mol. The fraction of sp³-hybridized carbons (Fsp3) is 0.0588. The Balaban J connectivity index is 1.98. The molecule has 0 aliphatic carbocycles. The summed E-state index contributed by atoms with van der Waals surface area (Å²) >= 11 is 0. The summed E-state index contributed by atoms with van der Waals surface area (Å²) in [5.74, 6) is -0.620.